The van der Waals surface area contributed by atoms with E-state index in [0.29, 0.717) is 11.1 Å². The van der Waals surface area contributed by atoms with Gasteiger partial charge in [-0.25, -0.2) is 8.93 Å². The number of hydrogen-bond donors (Lipinski definition) is 2. The molecule has 0 saturated heterocycles. The maximum atomic E-state index is 12.6. The Morgan fingerprint density at radius 1 is 1.12 bits per heavy atom. The van der Waals surface area contributed by atoms with Crippen molar-refractivity contribution in [2.75, 3.05) is 6.54 Å². The quantitative estimate of drug-likeness (QED) is 0.726. The molecule has 2 fully saturated rings. The first-order chi connectivity index (χ1) is 12.2. The minimum absolute atomic E-state index is 0.249. The van der Waals surface area contributed by atoms with Crippen LogP contribution < -0.4 is 10.0 Å². The molecular formula is C21H33ClN2OS. The second kappa shape index (κ2) is 8.30. The van der Waals surface area contributed by atoms with Crippen LogP contribution in [0.2, 0.25) is 5.02 Å². The van der Waals surface area contributed by atoms with Crippen molar-refractivity contribution < 1.29 is 4.21 Å². The first kappa shape index (κ1) is 20.3. The highest BCUT2D eigenvalue weighted by molar-refractivity contribution is 7.83. The summed E-state index contributed by atoms with van der Waals surface area (Å²) in [4.78, 5) is 0.762. The lowest BCUT2D eigenvalue weighted by Crippen LogP contribution is -2.55. The molecule has 5 heteroatoms. The fourth-order valence-corrected chi connectivity index (χ4v) is 6.27. The van der Waals surface area contributed by atoms with Crippen LogP contribution >= 0.6 is 11.6 Å². The third-order valence-electron chi connectivity index (χ3n) is 6.08. The Labute approximate surface area is 166 Å². The molecule has 2 saturated carbocycles. The summed E-state index contributed by atoms with van der Waals surface area (Å²) < 4.78 is 15.9. The molecule has 0 aliphatic heterocycles. The Bertz CT molecular complexity index is 629. The van der Waals surface area contributed by atoms with E-state index in [1.807, 2.05) is 12.1 Å². The van der Waals surface area contributed by atoms with E-state index >= 15 is 0 Å². The molecule has 2 aliphatic carbocycles. The van der Waals surface area contributed by atoms with Crippen LogP contribution in [-0.2, 0) is 11.0 Å². The smallest absolute Gasteiger partial charge is 0.125 e. The molecule has 2 bridgehead atoms. The second-order valence-electron chi connectivity index (χ2n) is 9.27. The monoisotopic (exact) mass is 396 g/mol. The van der Waals surface area contributed by atoms with Gasteiger partial charge in [-0.05, 0) is 87.5 Å². The summed E-state index contributed by atoms with van der Waals surface area (Å²) in [5.74, 6) is 3.31. The van der Waals surface area contributed by atoms with E-state index in [0.717, 1.165) is 35.1 Å². The van der Waals surface area contributed by atoms with Gasteiger partial charge in [-0.2, -0.15) is 0 Å². The standard InChI is InChI=1S/C21H33ClN2OS/c1-14-9-16-11-15(2)20(17(10-14)12-16)23-13-21(3,4)24-26(25)19-7-5-18(22)6-8-19/h5-8,14-17,20,23-24H,9-13H2,1-4H3. The molecule has 3 rings (SSSR count). The lowest BCUT2D eigenvalue weighted by molar-refractivity contribution is 0.0675. The molecule has 0 amide bonds. The molecule has 0 aromatic heterocycles. The minimum Gasteiger partial charge on any atom is -0.312 e. The van der Waals surface area contributed by atoms with Gasteiger partial charge in [0.05, 0.1) is 4.90 Å². The molecule has 0 spiro atoms. The Morgan fingerprint density at radius 3 is 2.50 bits per heavy atom. The SMILES string of the molecule is CC1CC2CC(C)C(NCC(C)(C)NS(=O)c3ccc(Cl)cc3)C(C1)C2. The Balaban J connectivity index is 1.57. The predicted molar refractivity (Wildman–Crippen MR) is 111 cm³/mol. The molecule has 146 valence electrons. The van der Waals surface area contributed by atoms with E-state index < -0.39 is 11.0 Å². The van der Waals surface area contributed by atoms with Crippen LogP contribution in [-0.4, -0.2) is 22.3 Å². The number of halogens is 1. The summed E-state index contributed by atoms with van der Waals surface area (Å²) in [6.45, 7) is 9.87. The molecule has 1 aromatic rings. The lowest BCUT2D eigenvalue weighted by atomic mass is 9.63. The van der Waals surface area contributed by atoms with E-state index in [2.05, 4.69) is 37.7 Å². The predicted octanol–water partition coefficient (Wildman–Crippen LogP) is 4.78. The third kappa shape index (κ3) is 5.09. The number of hydrogen-bond acceptors (Lipinski definition) is 2. The summed E-state index contributed by atoms with van der Waals surface area (Å²) in [7, 11) is -1.24. The molecule has 2 N–H and O–H groups in total. The minimum atomic E-state index is -1.24. The molecule has 26 heavy (non-hydrogen) atoms. The number of fused-ring (bicyclic) bond motifs is 2. The summed E-state index contributed by atoms with van der Waals surface area (Å²) in [6.07, 6.45) is 5.50. The number of benzene rings is 1. The van der Waals surface area contributed by atoms with Gasteiger partial charge in [-0.3, -0.25) is 0 Å². The zero-order valence-corrected chi connectivity index (χ0v) is 18.0. The fraction of sp³-hybridized carbons (Fsp3) is 0.714. The van der Waals surface area contributed by atoms with Crippen LogP contribution in [0.4, 0.5) is 0 Å². The van der Waals surface area contributed by atoms with Gasteiger partial charge in [0.2, 0.25) is 0 Å². The number of rotatable bonds is 6. The van der Waals surface area contributed by atoms with Crippen molar-refractivity contribution >= 4 is 22.6 Å². The average Bonchev–Trinajstić information content (AvgIpc) is 2.53. The van der Waals surface area contributed by atoms with E-state index in [4.69, 9.17) is 11.6 Å². The number of nitrogens with one attached hydrogen (secondary N) is 2. The maximum absolute atomic E-state index is 12.6. The van der Waals surface area contributed by atoms with Gasteiger partial charge in [-0.15, -0.1) is 0 Å². The van der Waals surface area contributed by atoms with Crippen LogP contribution in [0, 0.1) is 23.7 Å². The average molecular weight is 397 g/mol. The van der Waals surface area contributed by atoms with Crippen molar-refractivity contribution in [3.05, 3.63) is 29.3 Å². The molecular weight excluding hydrogens is 364 g/mol. The Kier molecular flexibility index (Phi) is 6.49. The molecule has 3 nitrogen and oxygen atoms in total. The molecule has 0 radical (unpaired) electrons. The van der Waals surface area contributed by atoms with E-state index in [9.17, 15) is 4.21 Å². The highest BCUT2D eigenvalue weighted by Crippen LogP contribution is 2.44. The molecule has 0 heterocycles. The van der Waals surface area contributed by atoms with Crippen molar-refractivity contribution in [1.82, 2.24) is 10.0 Å². The third-order valence-corrected chi connectivity index (χ3v) is 7.77. The highest BCUT2D eigenvalue weighted by atomic mass is 35.5. The summed E-state index contributed by atoms with van der Waals surface area (Å²) in [5, 5.41) is 4.50. The van der Waals surface area contributed by atoms with Crippen LogP contribution in [0.3, 0.4) is 0 Å². The molecule has 2 aliphatic rings. The van der Waals surface area contributed by atoms with Gasteiger partial charge < -0.3 is 5.32 Å². The van der Waals surface area contributed by atoms with Gasteiger partial charge in [0.25, 0.3) is 0 Å². The first-order valence-corrected chi connectivity index (χ1v) is 11.4. The van der Waals surface area contributed by atoms with Crippen molar-refractivity contribution in [2.24, 2.45) is 23.7 Å². The maximum Gasteiger partial charge on any atom is 0.125 e. The van der Waals surface area contributed by atoms with E-state index in [1.165, 1.54) is 25.7 Å². The molecule has 1 aromatic carbocycles. The van der Waals surface area contributed by atoms with Crippen LogP contribution in [0.1, 0.15) is 53.4 Å². The fourth-order valence-electron chi connectivity index (χ4n) is 5.07. The highest BCUT2D eigenvalue weighted by Gasteiger charge is 2.40. The van der Waals surface area contributed by atoms with Gasteiger partial charge in [0.15, 0.2) is 0 Å². The lowest BCUT2D eigenvalue weighted by Gasteiger charge is -2.47. The molecule has 6 atom stereocenters. The van der Waals surface area contributed by atoms with Crippen LogP contribution in [0.25, 0.3) is 0 Å². The van der Waals surface area contributed by atoms with Crippen molar-refractivity contribution in [3.8, 4) is 0 Å². The molecule has 6 unspecified atom stereocenters. The van der Waals surface area contributed by atoms with Crippen molar-refractivity contribution in [3.63, 3.8) is 0 Å². The summed E-state index contributed by atoms with van der Waals surface area (Å²) in [6, 6.07) is 7.79. The largest absolute Gasteiger partial charge is 0.312 e. The van der Waals surface area contributed by atoms with Crippen molar-refractivity contribution in [2.45, 2.75) is 69.9 Å². The van der Waals surface area contributed by atoms with E-state index in [-0.39, 0.29) is 5.54 Å². The van der Waals surface area contributed by atoms with Crippen molar-refractivity contribution in [1.29, 1.82) is 0 Å². The van der Waals surface area contributed by atoms with Gasteiger partial charge >= 0.3 is 0 Å². The topological polar surface area (TPSA) is 41.1 Å². The normalized spacial score (nSPS) is 33.0. The van der Waals surface area contributed by atoms with E-state index in [1.54, 1.807) is 12.1 Å². The Morgan fingerprint density at radius 2 is 1.81 bits per heavy atom. The van der Waals surface area contributed by atoms with Gasteiger partial charge in [0, 0.05) is 23.1 Å². The first-order valence-electron chi connectivity index (χ1n) is 9.92. The zero-order valence-electron chi connectivity index (χ0n) is 16.4. The Hall–Kier alpha value is -0.420. The van der Waals surface area contributed by atoms with Crippen LogP contribution in [0.15, 0.2) is 29.2 Å². The van der Waals surface area contributed by atoms with Gasteiger partial charge in [0.1, 0.15) is 11.0 Å². The van der Waals surface area contributed by atoms with Crippen LogP contribution in [0.5, 0.6) is 0 Å². The second-order valence-corrected chi connectivity index (χ2v) is 10.9. The summed E-state index contributed by atoms with van der Waals surface area (Å²) >= 11 is 5.92. The van der Waals surface area contributed by atoms with Gasteiger partial charge in [-0.1, -0.05) is 25.4 Å². The summed E-state index contributed by atoms with van der Waals surface area (Å²) in [5.41, 5.74) is -0.249. The zero-order chi connectivity index (χ0) is 18.9.